The summed E-state index contributed by atoms with van der Waals surface area (Å²) in [5, 5.41) is 6.55. The number of piperidine rings is 1. The van der Waals surface area contributed by atoms with Gasteiger partial charge in [-0.05, 0) is 42.6 Å². The van der Waals surface area contributed by atoms with E-state index in [1.807, 2.05) is 30.3 Å². The molecule has 2 aromatic rings. The minimum absolute atomic E-state index is 0.0606. The zero-order chi connectivity index (χ0) is 16.1. The van der Waals surface area contributed by atoms with Crippen molar-refractivity contribution in [3.05, 3.63) is 70.2 Å². The van der Waals surface area contributed by atoms with Crippen molar-refractivity contribution in [2.75, 3.05) is 13.1 Å². The number of benzene rings is 2. The topological polar surface area (TPSA) is 41.1 Å². The van der Waals surface area contributed by atoms with E-state index in [1.165, 1.54) is 0 Å². The second kappa shape index (κ2) is 7.75. The fraction of sp³-hybridized carbons (Fsp3) is 0.316. The lowest BCUT2D eigenvalue weighted by Gasteiger charge is -2.26. The van der Waals surface area contributed by atoms with E-state index in [-0.39, 0.29) is 17.9 Å². The minimum Gasteiger partial charge on any atom is -0.345 e. The van der Waals surface area contributed by atoms with Crippen LogP contribution in [0, 0.1) is 5.92 Å². The Morgan fingerprint density at radius 1 is 1.09 bits per heavy atom. The standard InChI is InChI=1S/C19H21BrN2O/c20-17-10-8-15(9-11-17)18(14-5-2-1-3-6-14)22-19(23)16-7-4-12-21-13-16/h1-3,5-6,8-11,16,18,21H,4,7,12-13H2,(H,22,23). The molecular formula is C19H21BrN2O. The monoisotopic (exact) mass is 372 g/mol. The van der Waals surface area contributed by atoms with E-state index in [4.69, 9.17) is 0 Å². The Morgan fingerprint density at radius 2 is 1.78 bits per heavy atom. The molecule has 0 aliphatic carbocycles. The maximum Gasteiger partial charge on any atom is 0.225 e. The van der Waals surface area contributed by atoms with E-state index < -0.39 is 0 Å². The van der Waals surface area contributed by atoms with Crippen LogP contribution in [0.5, 0.6) is 0 Å². The number of hydrogen-bond donors (Lipinski definition) is 2. The molecule has 2 unspecified atom stereocenters. The fourth-order valence-corrected chi connectivity index (χ4v) is 3.26. The maximum absolute atomic E-state index is 12.7. The van der Waals surface area contributed by atoms with Gasteiger partial charge in [-0.25, -0.2) is 0 Å². The summed E-state index contributed by atoms with van der Waals surface area (Å²) >= 11 is 3.47. The molecule has 1 aliphatic rings. The van der Waals surface area contributed by atoms with Gasteiger partial charge in [0.25, 0.3) is 0 Å². The number of amides is 1. The lowest BCUT2D eigenvalue weighted by atomic mass is 9.95. The summed E-state index contributed by atoms with van der Waals surface area (Å²) < 4.78 is 1.04. The zero-order valence-corrected chi connectivity index (χ0v) is 14.6. The lowest BCUT2D eigenvalue weighted by molar-refractivity contribution is -0.126. The predicted octanol–water partition coefficient (Wildman–Crippen LogP) is 3.65. The van der Waals surface area contributed by atoms with Crippen LogP contribution in [0.4, 0.5) is 0 Å². The first-order valence-corrected chi connectivity index (χ1v) is 8.85. The third-order valence-corrected chi connectivity index (χ3v) is 4.82. The van der Waals surface area contributed by atoms with Gasteiger partial charge in [-0.1, -0.05) is 58.4 Å². The van der Waals surface area contributed by atoms with Crippen LogP contribution in [0.1, 0.15) is 30.0 Å². The second-order valence-electron chi connectivity index (χ2n) is 5.95. The fourth-order valence-electron chi connectivity index (χ4n) is 3.00. The normalized spacial score (nSPS) is 19.1. The first-order chi connectivity index (χ1) is 11.2. The van der Waals surface area contributed by atoms with Gasteiger partial charge in [0.15, 0.2) is 0 Å². The summed E-state index contributed by atoms with van der Waals surface area (Å²) in [5.74, 6) is 0.194. The van der Waals surface area contributed by atoms with Crippen molar-refractivity contribution in [2.24, 2.45) is 5.92 Å². The smallest absolute Gasteiger partial charge is 0.225 e. The molecule has 1 amide bonds. The van der Waals surface area contributed by atoms with Crippen LogP contribution < -0.4 is 10.6 Å². The molecule has 3 rings (SSSR count). The summed E-state index contributed by atoms with van der Waals surface area (Å²) in [4.78, 5) is 12.7. The summed E-state index contributed by atoms with van der Waals surface area (Å²) in [6.07, 6.45) is 2.02. The van der Waals surface area contributed by atoms with Gasteiger partial charge < -0.3 is 10.6 Å². The minimum atomic E-state index is -0.112. The van der Waals surface area contributed by atoms with Crippen molar-refractivity contribution in [3.8, 4) is 0 Å². The molecule has 0 spiro atoms. The summed E-state index contributed by atoms with van der Waals surface area (Å²) in [6.45, 7) is 1.78. The molecule has 0 saturated carbocycles. The molecule has 120 valence electrons. The van der Waals surface area contributed by atoms with E-state index in [9.17, 15) is 4.79 Å². The molecule has 2 atom stereocenters. The highest BCUT2D eigenvalue weighted by atomic mass is 79.9. The van der Waals surface area contributed by atoms with Gasteiger partial charge in [0, 0.05) is 11.0 Å². The van der Waals surface area contributed by atoms with Crippen molar-refractivity contribution < 1.29 is 4.79 Å². The molecule has 23 heavy (non-hydrogen) atoms. The first kappa shape index (κ1) is 16.2. The molecule has 1 fully saturated rings. The predicted molar refractivity (Wildman–Crippen MR) is 96.2 cm³/mol. The van der Waals surface area contributed by atoms with Gasteiger partial charge in [-0.15, -0.1) is 0 Å². The largest absolute Gasteiger partial charge is 0.345 e. The molecule has 4 heteroatoms. The molecule has 1 saturated heterocycles. The van der Waals surface area contributed by atoms with Crippen molar-refractivity contribution in [3.63, 3.8) is 0 Å². The van der Waals surface area contributed by atoms with Crippen molar-refractivity contribution in [1.29, 1.82) is 0 Å². The third-order valence-electron chi connectivity index (χ3n) is 4.29. The summed E-state index contributed by atoms with van der Waals surface area (Å²) in [5.41, 5.74) is 2.20. The second-order valence-corrected chi connectivity index (χ2v) is 6.86. The number of rotatable bonds is 4. The number of carbonyl (C=O) groups excluding carboxylic acids is 1. The highest BCUT2D eigenvalue weighted by molar-refractivity contribution is 9.10. The van der Waals surface area contributed by atoms with Crippen LogP contribution in [0.25, 0.3) is 0 Å². The summed E-state index contributed by atoms with van der Waals surface area (Å²) in [7, 11) is 0. The van der Waals surface area contributed by atoms with E-state index in [2.05, 4.69) is 50.8 Å². The maximum atomic E-state index is 12.7. The molecule has 3 nitrogen and oxygen atoms in total. The lowest BCUT2D eigenvalue weighted by Crippen LogP contribution is -2.42. The van der Waals surface area contributed by atoms with Gasteiger partial charge >= 0.3 is 0 Å². The first-order valence-electron chi connectivity index (χ1n) is 8.05. The van der Waals surface area contributed by atoms with Gasteiger partial charge in [-0.3, -0.25) is 4.79 Å². The molecule has 0 bridgehead atoms. The average Bonchev–Trinajstić information content (AvgIpc) is 2.62. The van der Waals surface area contributed by atoms with Crippen molar-refractivity contribution in [2.45, 2.75) is 18.9 Å². The number of halogens is 1. The van der Waals surface area contributed by atoms with Gasteiger partial charge in [0.2, 0.25) is 5.91 Å². The van der Waals surface area contributed by atoms with E-state index in [0.29, 0.717) is 0 Å². The van der Waals surface area contributed by atoms with Crippen LogP contribution in [0.15, 0.2) is 59.1 Å². The Balaban J connectivity index is 1.83. The average molecular weight is 373 g/mol. The highest BCUT2D eigenvalue weighted by Crippen LogP contribution is 2.24. The third kappa shape index (κ3) is 4.21. The SMILES string of the molecule is O=C(NC(c1ccccc1)c1ccc(Br)cc1)C1CCCNC1. The highest BCUT2D eigenvalue weighted by Gasteiger charge is 2.24. The quantitative estimate of drug-likeness (QED) is 0.859. The van der Waals surface area contributed by atoms with Gasteiger partial charge in [-0.2, -0.15) is 0 Å². The molecule has 2 N–H and O–H groups in total. The Hall–Kier alpha value is -1.65. The molecule has 0 radical (unpaired) electrons. The Kier molecular flexibility index (Phi) is 5.47. The Bertz CT molecular complexity index is 636. The Labute approximate surface area is 145 Å². The Morgan fingerprint density at radius 3 is 2.43 bits per heavy atom. The molecule has 0 aromatic heterocycles. The van der Waals surface area contributed by atoms with Crippen LogP contribution in [0.3, 0.4) is 0 Å². The number of carbonyl (C=O) groups is 1. The molecular weight excluding hydrogens is 352 g/mol. The number of nitrogens with one attached hydrogen (secondary N) is 2. The van der Waals surface area contributed by atoms with Crippen molar-refractivity contribution >= 4 is 21.8 Å². The van der Waals surface area contributed by atoms with Crippen LogP contribution >= 0.6 is 15.9 Å². The van der Waals surface area contributed by atoms with Crippen LogP contribution in [0.2, 0.25) is 0 Å². The van der Waals surface area contributed by atoms with E-state index in [1.54, 1.807) is 0 Å². The number of hydrogen-bond acceptors (Lipinski definition) is 2. The molecule has 2 aromatic carbocycles. The molecule has 1 heterocycles. The van der Waals surface area contributed by atoms with Crippen molar-refractivity contribution in [1.82, 2.24) is 10.6 Å². The van der Waals surface area contributed by atoms with E-state index >= 15 is 0 Å². The summed E-state index contributed by atoms with van der Waals surface area (Å²) in [6, 6.07) is 18.2. The van der Waals surface area contributed by atoms with Crippen LogP contribution in [-0.4, -0.2) is 19.0 Å². The molecule has 1 aliphatic heterocycles. The van der Waals surface area contributed by atoms with E-state index in [0.717, 1.165) is 41.5 Å². The van der Waals surface area contributed by atoms with Crippen LogP contribution in [-0.2, 0) is 4.79 Å². The zero-order valence-electron chi connectivity index (χ0n) is 13.0. The van der Waals surface area contributed by atoms with Gasteiger partial charge in [0.1, 0.15) is 0 Å². The van der Waals surface area contributed by atoms with Gasteiger partial charge in [0.05, 0.1) is 12.0 Å².